The molecule has 1 aromatic rings. The van der Waals surface area contributed by atoms with E-state index in [1.54, 1.807) is 31.0 Å². The molecule has 0 amide bonds. The Hall–Kier alpha value is -1.86. The molecule has 0 saturated carbocycles. The van der Waals surface area contributed by atoms with Gasteiger partial charge in [0.1, 0.15) is 0 Å². The third-order valence-electron chi connectivity index (χ3n) is 2.72. The molecule has 0 fully saturated rings. The summed E-state index contributed by atoms with van der Waals surface area (Å²) < 4.78 is 10.1. The second-order valence-corrected chi connectivity index (χ2v) is 4.33. The van der Waals surface area contributed by atoms with Crippen LogP contribution in [0, 0.1) is 10.1 Å². The molecule has 1 rings (SSSR count). The largest absolute Gasteiger partial charge is 0.487 e. The van der Waals surface area contributed by atoms with E-state index in [0.29, 0.717) is 13.2 Å². The smallest absolute Gasteiger partial charge is 0.311 e. The quantitative estimate of drug-likeness (QED) is 0.574. The molecule has 0 aromatic heterocycles. The second-order valence-electron chi connectivity index (χ2n) is 4.33. The summed E-state index contributed by atoms with van der Waals surface area (Å²) in [5.74, 6) is 0.225. The number of nitro benzene ring substituents is 1. The number of hydrogen-bond acceptors (Lipinski definition) is 6. The number of benzene rings is 1. The van der Waals surface area contributed by atoms with Gasteiger partial charge in [0.2, 0.25) is 0 Å². The van der Waals surface area contributed by atoms with Crippen LogP contribution in [0.4, 0.5) is 11.4 Å². The first-order valence-electron chi connectivity index (χ1n) is 6.29. The molecule has 0 aliphatic rings. The highest BCUT2D eigenvalue weighted by Crippen LogP contribution is 2.31. The normalized spacial score (nSPS) is 12.0. The average molecular weight is 284 g/mol. The topological polar surface area (TPSA) is 85.1 Å². The van der Waals surface area contributed by atoms with Crippen LogP contribution in [0.15, 0.2) is 18.2 Å². The van der Waals surface area contributed by atoms with Crippen molar-refractivity contribution in [3.63, 3.8) is 0 Å². The molecule has 0 saturated heterocycles. The van der Waals surface area contributed by atoms with Crippen molar-refractivity contribution >= 4 is 11.4 Å². The lowest BCUT2D eigenvalue weighted by atomic mass is 10.2. The van der Waals surface area contributed by atoms with Crippen molar-refractivity contribution in [2.24, 2.45) is 0 Å². The summed E-state index contributed by atoms with van der Waals surface area (Å²) in [4.78, 5) is 12.2. The van der Waals surface area contributed by atoms with E-state index in [2.05, 4.69) is 0 Å². The molecule has 0 aliphatic carbocycles. The van der Waals surface area contributed by atoms with Gasteiger partial charge in [0.25, 0.3) is 0 Å². The van der Waals surface area contributed by atoms with Crippen LogP contribution in [0.2, 0.25) is 0 Å². The molecule has 0 radical (unpaired) electrons. The highest BCUT2D eigenvalue weighted by molar-refractivity contribution is 5.59. The molecular weight excluding hydrogens is 264 g/mol. The number of aliphatic hydroxyl groups is 1. The maximum Gasteiger partial charge on any atom is 0.311 e. The Labute approximate surface area is 117 Å². The molecule has 7 nitrogen and oxygen atoms in total. The minimum absolute atomic E-state index is 0.0681. The fourth-order valence-corrected chi connectivity index (χ4v) is 1.83. The van der Waals surface area contributed by atoms with Gasteiger partial charge in [-0.3, -0.25) is 10.1 Å². The van der Waals surface area contributed by atoms with Gasteiger partial charge in [-0.2, -0.15) is 0 Å². The third-order valence-corrected chi connectivity index (χ3v) is 2.72. The van der Waals surface area contributed by atoms with Crippen molar-refractivity contribution in [1.82, 2.24) is 0 Å². The Balaban J connectivity index is 2.90. The van der Waals surface area contributed by atoms with Crippen molar-refractivity contribution in [1.29, 1.82) is 0 Å². The summed E-state index contributed by atoms with van der Waals surface area (Å²) in [6.45, 7) is 2.70. The van der Waals surface area contributed by atoms with E-state index in [1.807, 2.05) is 0 Å². The van der Waals surface area contributed by atoms with Crippen LogP contribution in [0.25, 0.3) is 0 Å². The zero-order chi connectivity index (χ0) is 15.1. The van der Waals surface area contributed by atoms with Crippen LogP contribution in [0.1, 0.15) is 6.92 Å². The monoisotopic (exact) mass is 284 g/mol. The van der Waals surface area contributed by atoms with E-state index in [9.17, 15) is 15.2 Å². The molecule has 7 heteroatoms. The Morgan fingerprint density at radius 1 is 1.50 bits per heavy atom. The number of ether oxygens (including phenoxy) is 2. The van der Waals surface area contributed by atoms with E-state index in [0.717, 1.165) is 5.69 Å². The molecule has 0 spiro atoms. The predicted molar refractivity (Wildman–Crippen MR) is 75.4 cm³/mol. The van der Waals surface area contributed by atoms with E-state index in [4.69, 9.17) is 9.47 Å². The average Bonchev–Trinajstić information content (AvgIpc) is 2.38. The summed E-state index contributed by atoms with van der Waals surface area (Å²) in [5.41, 5.74) is 0.663. The lowest BCUT2D eigenvalue weighted by Gasteiger charge is -2.22. The van der Waals surface area contributed by atoms with Crippen LogP contribution >= 0.6 is 0 Å². The molecule has 0 heterocycles. The van der Waals surface area contributed by atoms with Crippen molar-refractivity contribution in [3.05, 3.63) is 28.3 Å². The number of methoxy groups -OCH3 is 1. The maximum atomic E-state index is 10.9. The minimum atomic E-state index is -0.629. The lowest BCUT2D eigenvalue weighted by molar-refractivity contribution is -0.385. The van der Waals surface area contributed by atoms with Crippen LogP contribution < -0.4 is 9.64 Å². The summed E-state index contributed by atoms with van der Waals surface area (Å²) in [7, 11) is 3.30. The van der Waals surface area contributed by atoms with Crippen molar-refractivity contribution in [2.45, 2.75) is 13.0 Å². The summed E-state index contributed by atoms with van der Waals surface area (Å²) in [6, 6.07) is 4.63. The first-order valence-corrected chi connectivity index (χ1v) is 6.29. The first-order chi connectivity index (χ1) is 9.49. The van der Waals surface area contributed by atoms with E-state index < -0.39 is 11.0 Å². The molecule has 20 heavy (non-hydrogen) atoms. The predicted octanol–water partition coefficient (Wildman–Crippen LogP) is 1.44. The van der Waals surface area contributed by atoms with Gasteiger partial charge < -0.3 is 19.5 Å². The molecular formula is C13H20N2O5. The molecule has 112 valence electrons. The summed E-state index contributed by atoms with van der Waals surface area (Å²) >= 11 is 0. The van der Waals surface area contributed by atoms with Crippen LogP contribution in [0.5, 0.6) is 5.75 Å². The van der Waals surface area contributed by atoms with Crippen molar-refractivity contribution in [2.75, 3.05) is 38.8 Å². The molecule has 1 atom stereocenters. The van der Waals surface area contributed by atoms with Gasteiger partial charge in [-0.25, -0.2) is 0 Å². The minimum Gasteiger partial charge on any atom is -0.487 e. The number of hydrogen-bond donors (Lipinski definition) is 1. The SMILES string of the molecule is CCOc1cc(N(C)CC(O)COC)ccc1[N+](=O)[O-]. The van der Waals surface area contributed by atoms with Crippen molar-refractivity contribution < 1.29 is 19.5 Å². The molecule has 0 aliphatic heterocycles. The number of anilines is 1. The van der Waals surface area contributed by atoms with Gasteiger partial charge in [-0.1, -0.05) is 0 Å². The van der Waals surface area contributed by atoms with Gasteiger partial charge >= 0.3 is 5.69 Å². The summed E-state index contributed by atoms with van der Waals surface area (Å²) in [6.07, 6.45) is -0.629. The standard InChI is InChI=1S/C13H20N2O5/c1-4-20-13-7-10(5-6-12(13)15(17)18)14(2)8-11(16)9-19-3/h5-7,11,16H,4,8-9H2,1-3H3. The zero-order valence-corrected chi connectivity index (χ0v) is 11.9. The number of likely N-dealkylation sites (N-methyl/N-ethyl adjacent to an activating group) is 1. The van der Waals surface area contributed by atoms with E-state index in [-0.39, 0.29) is 18.0 Å². The van der Waals surface area contributed by atoms with Crippen LogP contribution in [-0.2, 0) is 4.74 Å². The first kappa shape index (κ1) is 16.2. The molecule has 1 N–H and O–H groups in total. The van der Waals surface area contributed by atoms with Crippen LogP contribution in [0.3, 0.4) is 0 Å². The van der Waals surface area contributed by atoms with Crippen LogP contribution in [-0.4, -0.2) is 50.0 Å². The lowest BCUT2D eigenvalue weighted by Crippen LogP contribution is -2.31. The van der Waals surface area contributed by atoms with E-state index >= 15 is 0 Å². The Bertz CT molecular complexity index is 452. The van der Waals surface area contributed by atoms with Crippen molar-refractivity contribution in [3.8, 4) is 5.75 Å². The number of aliphatic hydroxyl groups excluding tert-OH is 1. The van der Waals surface area contributed by atoms with Gasteiger partial charge in [0, 0.05) is 38.5 Å². The second kappa shape index (κ2) is 7.66. The van der Waals surface area contributed by atoms with Gasteiger partial charge in [0.15, 0.2) is 5.75 Å². The van der Waals surface area contributed by atoms with Gasteiger partial charge in [-0.15, -0.1) is 0 Å². The highest BCUT2D eigenvalue weighted by atomic mass is 16.6. The molecule has 1 aromatic carbocycles. The maximum absolute atomic E-state index is 10.9. The summed E-state index contributed by atoms with van der Waals surface area (Å²) in [5, 5.41) is 20.6. The molecule has 1 unspecified atom stereocenters. The fraction of sp³-hybridized carbons (Fsp3) is 0.538. The third kappa shape index (κ3) is 4.36. The number of nitrogens with zero attached hydrogens (tertiary/aromatic N) is 2. The Kier molecular flexibility index (Phi) is 6.20. The molecule has 0 bridgehead atoms. The van der Waals surface area contributed by atoms with E-state index in [1.165, 1.54) is 13.2 Å². The Morgan fingerprint density at radius 2 is 2.20 bits per heavy atom. The van der Waals surface area contributed by atoms with Gasteiger partial charge in [-0.05, 0) is 13.0 Å². The number of nitro groups is 1. The fourth-order valence-electron chi connectivity index (χ4n) is 1.83. The Morgan fingerprint density at radius 3 is 2.75 bits per heavy atom. The number of rotatable bonds is 8. The highest BCUT2D eigenvalue weighted by Gasteiger charge is 2.17. The van der Waals surface area contributed by atoms with Gasteiger partial charge in [0.05, 0.1) is 24.2 Å². The zero-order valence-electron chi connectivity index (χ0n) is 11.9.